The first-order chi connectivity index (χ1) is 18.4. The topological polar surface area (TPSA) is 164 Å². The van der Waals surface area contributed by atoms with Gasteiger partial charge in [0.25, 0.3) is 11.8 Å². The Morgan fingerprint density at radius 3 is 2.95 bits per heavy atom. The van der Waals surface area contributed by atoms with E-state index in [2.05, 4.69) is 19.8 Å². The Kier molecular flexibility index (Phi) is 7.42. The van der Waals surface area contributed by atoms with Crippen LogP contribution in [0.15, 0.2) is 53.1 Å². The fourth-order valence-corrected chi connectivity index (χ4v) is 6.22. The van der Waals surface area contributed by atoms with Gasteiger partial charge in [0.1, 0.15) is 23.2 Å². The van der Waals surface area contributed by atoms with Crippen molar-refractivity contribution in [1.29, 1.82) is 0 Å². The number of nitrogen functional groups attached to an aromatic ring is 1. The molecular weight excluding hydrogens is 530 g/mol. The largest absolute Gasteiger partial charge is 0.477 e. The molecular formula is C24H26N7O5S2+. The summed E-state index contributed by atoms with van der Waals surface area (Å²) in [6.45, 7) is 2.39. The molecule has 2 aromatic rings. The number of anilines is 1. The monoisotopic (exact) mass is 556 g/mol. The molecule has 2 unspecified atom stereocenters. The average molecular weight is 557 g/mol. The lowest BCUT2D eigenvalue weighted by Gasteiger charge is -2.49. The molecule has 2 aliphatic heterocycles. The van der Waals surface area contributed by atoms with Gasteiger partial charge in [0.2, 0.25) is 11.5 Å². The summed E-state index contributed by atoms with van der Waals surface area (Å²) < 4.78 is 5.97. The third-order valence-corrected chi connectivity index (χ3v) is 8.24. The molecule has 0 saturated carbocycles. The van der Waals surface area contributed by atoms with E-state index in [4.69, 9.17) is 10.6 Å². The van der Waals surface area contributed by atoms with Gasteiger partial charge in [0, 0.05) is 34.5 Å². The van der Waals surface area contributed by atoms with Gasteiger partial charge in [-0.1, -0.05) is 18.2 Å². The van der Waals surface area contributed by atoms with E-state index in [0.29, 0.717) is 17.9 Å². The van der Waals surface area contributed by atoms with E-state index < -0.39 is 29.2 Å². The van der Waals surface area contributed by atoms with Crippen LogP contribution in [0.25, 0.3) is 0 Å². The number of hydrogen-bond donors (Lipinski definition) is 3. The fraction of sp³-hybridized carbons (Fsp3) is 0.375. The minimum atomic E-state index is -1.18. The van der Waals surface area contributed by atoms with E-state index in [0.717, 1.165) is 36.4 Å². The lowest BCUT2D eigenvalue weighted by molar-refractivity contribution is -0.689. The van der Waals surface area contributed by atoms with E-state index in [9.17, 15) is 19.5 Å². The highest BCUT2D eigenvalue weighted by Crippen LogP contribution is 2.40. The van der Waals surface area contributed by atoms with Crippen LogP contribution >= 0.6 is 23.3 Å². The molecule has 0 radical (unpaired) electrons. The predicted molar refractivity (Wildman–Crippen MR) is 140 cm³/mol. The van der Waals surface area contributed by atoms with E-state index in [1.54, 1.807) is 0 Å². The number of nitrogens with two attached hydrogens (primary N) is 1. The van der Waals surface area contributed by atoms with Crippen LogP contribution in [0.5, 0.6) is 0 Å². The van der Waals surface area contributed by atoms with Crippen molar-refractivity contribution in [2.24, 2.45) is 5.16 Å². The Bertz CT molecular complexity index is 1370. The van der Waals surface area contributed by atoms with E-state index in [-0.39, 0.29) is 28.5 Å². The molecule has 5 rings (SSSR count). The standard InChI is InChI=1S/C24H25N7O5S2/c1-2-13-6-5-9-30(10-13)11-14-12-37-22-17(21(33)31(22)18(14)23(34)35)26-20(32)16(19-27-24(25)38-29-19)28-36-15-7-3-4-8-15/h3,5-7,9-10,15,17,22H,2,4,8,11-12H2,1H3,(H3-,25,26,27,29,32,34,35)/p+1/t15?,17?,22-/m1/s1. The number of oxime groups is 1. The first kappa shape index (κ1) is 25.9. The first-order valence-electron chi connectivity index (χ1n) is 12.0. The van der Waals surface area contributed by atoms with Crippen molar-refractivity contribution >= 4 is 51.9 Å². The number of carbonyl (C=O) groups is 3. The van der Waals surface area contributed by atoms with Crippen LogP contribution in [0.2, 0.25) is 0 Å². The van der Waals surface area contributed by atoms with Crippen molar-refractivity contribution in [1.82, 2.24) is 19.6 Å². The van der Waals surface area contributed by atoms with Crippen molar-refractivity contribution in [3.63, 3.8) is 0 Å². The molecule has 2 amide bonds. The summed E-state index contributed by atoms with van der Waals surface area (Å²) in [5.41, 5.74) is 7.19. The van der Waals surface area contributed by atoms with Crippen molar-refractivity contribution in [3.05, 3.63) is 59.3 Å². The Morgan fingerprint density at radius 2 is 2.26 bits per heavy atom. The van der Waals surface area contributed by atoms with Crippen molar-refractivity contribution < 1.29 is 28.9 Å². The number of thioether (sulfide) groups is 1. The Hall–Kier alpha value is -3.78. The normalized spacial score (nSPS) is 22.8. The van der Waals surface area contributed by atoms with Gasteiger partial charge in [-0.25, -0.2) is 9.36 Å². The van der Waals surface area contributed by atoms with Crippen LogP contribution in [-0.2, 0) is 32.2 Å². The number of amides is 2. The number of rotatable bonds is 9. The van der Waals surface area contributed by atoms with E-state index >= 15 is 0 Å². The zero-order valence-electron chi connectivity index (χ0n) is 20.4. The number of nitrogens with zero attached hydrogens (tertiary/aromatic N) is 5. The highest BCUT2D eigenvalue weighted by Gasteiger charge is 2.55. The smallest absolute Gasteiger partial charge is 0.352 e. The maximum Gasteiger partial charge on any atom is 0.352 e. The molecule has 3 aliphatic rings. The minimum Gasteiger partial charge on any atom is -0.477 e. The second-order valence-electron chi connectivity index (χ2n) is 8.90. The number of nitrogens with one attached hydrogen (secondary N) is 1. The number of carbonyl (C=O) groups excluding carboxylic acids is 2. The number of allylic oxidation sites excluding steroid dienone is 1. The van der Waals surface area contributed by atoms with E-state index in [1.165, 1.54) is 16.7 Å². The van der Waals surface area contributed by atoms with Gasteiger partial charge < -0.3 is 21.0 Å². The summed E-state index contributed by atoms with van der Waals surface area (Å²) >= 11 is 2.30. The predicted octanol–water partition coefficient (Wildman–Crippen LogP) is 0.848. The summed E-state index contributed by atoms with van der Waals surface area (Å²) in [7, 11) is 0. The molecule has 198 valence electrons. The molecule has 0 aromatic carbocycles. The van der Waals surface area contributed by atoms with Gasteiger partial charge in [-0.15, -0.1) is 11.8 Å². The zero-order valence-corrected chi connectivity index (χ0v) is 22.1. The number of fused-ring (bicyclic) bond motifs is 1. The molecule has 14 heteroatoms. The second kappa shape index (κ2) is 10.9. The molecule has 4 N–H and O–H groups in total. The molecule has 4 heterocycles. The molecule has 1 saturated heterocycles. The number of carboxylic acid groups (broad SMARTS) is 1. The molecule has 3 atom stereocenters. The number of aryl methyl sites for hydroxylation is 1. The molecule has 0 bridgehead atoms. The number of hydrogen-bond acceptors (Lipinski definition) is 10. The maximum atomic E-state index is 13.2. The van der Waals surface area contributed by atoms with Crippen LogP contribution in [0, 0.1) is 0 Å². The molecule has 0 spiro atoms. The molecule has 38 heavy (non-hydrogen) atoms. The number of aromatic nitrogens is 3. The molecule has 2 aromatic heterocycles. The van der Waals surface area contributed by atoms with Crippen LogP contribution in [0.3, 0.4) is 0 Å². The van der Waals surface area contributed by atoms with Gasteiger partial charge >= 0.3 is 5.97 Å². The highest BCUT2D eigenvalue weighted by atomic mass is 32.2. The fourth-order valence-electron chi connectivity index (χ4n) is 4.45. The van der Waals surface area contributed by atoms with Gasteiger partial charge in [-0.3, -0.25) is 14.5 Å². The third-order valence-electron chi connectivity index (χ3n) is 6.35. The van der Waals surface area contributed by atoms with Crippen LogP contribution in [0.1, 0.15) is 31.2 Å². The highest BCUT2D eigenvalue weighted by molar-refractivity contribution is 8.00. The molecule has 12 nitrogen and oxygen atoms in total. The Labute approximate surface area is 226 Å². The summed E-state index contributed by atoms with van der Waals surface area (Å²) in [6.07, 6.45) is 9.79. The number of pyridine rings is 1. The van der Waals surface area contributed by atoms with Crippen LogP contribution in [-0.4, -0.2) is 66.1 Å². The molecule has 1 aliphatic carbocycles. The van der Waals surface area contributed by atoms with Crippen LogP contribution in [0.4, 0.5) is 5.13 Å². The zero-order chi connectivity index (χ0) is 26.8. The van der Waals surface area contributed by atoms with Gasteiger partial charge in [-0.05, 0) is 31.4 Å². The lowest BCUT2D eigenvalue weighted by Crippen LogP contribution is -2.71. The summed E-state index contributed by atoms with van der Waals surface area (Å²) in [6, 6.07) is 2.98. The summed E-state index contributed by atoms with van der Waals surface area (Å²) in [4.78, 5) is 49.3. The number of aliphatic carboxylic acids is 1. The van der Waals surface area contributed by atoms with Crippen LogP contribution < -0.4 is 15.6 Å². The van der Waals surface area contributed by atoms with E-state index in [1.807, 2.05) is 48.2 Å². The van der Waals surface area contributed by atoms with Gasteiger partial charge in [0.15, 0.2) is 24.1 Å². The summed E-state index contributed by atoms with van der Waals surface area (Å²) in [5.74, 6) is -2.01. The van der Waals surface area contributed by atoms with Crippen molar-refractivity contribution in [3.8, 4) is 0 Å². The van der Waals surface area contributed by atoms with Crippen molar-refractivity contribution in [2.45, 2.75) is 50.3 Å². The molecule has 1 fully saturated rings. The average Bonchev–Trinajstić information content (AvgIpc) is 3.59. The number of β-lactam (4-membered cyclic amide) rings is 1. The minimum absolute atomic E-state index is 0.00774. The van der Waals surface area contributed by atoms with Gasteiger partial charge in [-0.2, -0.15) is 9.36 Å². The Morgan fingerprint density at radius 1 is 1.42 bits per heavy atom. The quantitative estimate of drug-likeness (QED) is 0.134. The third kappa shape index (κ3) is 5.13. The van der Waals surface area contributed by atoms with Gasteiger partial charge in [0.05, 0.1) is 0 Å². The number of carboxylic acids is 1. The maximum absolute atomic E-state index is 13.2. The Balaban J connectivity index is 1.34. The summed E-state index contributed by atoms with van der Waals surface area (Å²) in [5, 5.41) is 16.2. The second-order valence-corrected chi connectivity index (χ2v) is 10.8. The first-order valence-corrected chi connectivity index (χ1v) is 13.9. The lowest BCUT2D eigenvalue weighted by atomic mass is 10.0. The SMILES string of the molecule is CCc1ccc[n+](CC2=C(C(=O)O)N3C(=O)C(NC(=O)C(=NOC4C=CCC4)c4nsc(N)n4)[C@H]3SC2)c1. The van der Waals surface area contributed by atoms with Crippen molar-refractivity contribution in [2.75, 3.05) is 11.5 Å².